The van der Waals surface area contributed by atoms with Gasteiger partial charge in [-0.25, -0.2) is 4.79 Å². The Labute approximate surface area is 143 Å². The molecule has 0 rings (SSSR count). The van der Waals surface area contributed by atoms with Crippen molar-refractivity contribution in [2.24, 2.45) is 0 Å². The molecule has 7 heteroatoms. The van der Waals surface area contributed by atoms with Gasteiger partial charge in [0.25, 0.3) is 0 Å². The Hall–Kier alpha value is -0.738. The van der Waals surface area contributed by atoms with Gasteiger partial charge in [-0.1, -0.05) is 26.7 Å². The Morgan fingerprint density at radius 1 is 0.955 bits per heavy atom. The van der Waals surface area contributed by atoms with Gasteiger partial charge in [-0.05, 0) is 19.8 Å². The highest BCUT2D eigenvalue weighted by atomic mass is 27.0. The maximum absolute atomic E-state index is 12.3. The summed E-state index contributed by atoms with van der Waals surface area (Å²) in [6.07, 6.45) is 2.60. The molecule has 0 radical (unpaired) electrons. The van der Waals surface area contributed by atoms with Crippen LogP contribution in [0.2, 0.25) is 0 Å². The molecule has 0 bridgehead atoms. The first-order valence-corrected chi connectivity index (χ1v) is 7.33. The largest absolute Gasteiger partial charge is 0.465 e. The predicted molar refractivity (Wildman–Crippen MR) is 86.7 cm³/mol. The zero-order valence-corrected chi connectivity index (χ0v) is 13.4. The molecule has 0 N–H and O–H groups in total. The second-order valence-electron chi connectivity index (χ2n) is 4.81. The molecule has 0 aromatic rings. The molecule has 0 saturated carbocycles. The van der Waals surface area contributed by atoms with Crippen molar-refractivity contribution in [3.05, 3.63) is 0 Å². The number of ether oxygens (including phenoxy) is 3. The van der Waals surface area contributed by atoms with Crippen molar-refractivity contribution >= 4 is 34.9 Å². The van der Waals surface area contributed by atoms with E-state index >= 15 is 0 Å². The van der Waals surface area contributed by atoms with Crippen LogP contribution in [0.25, 0.3) is 0 Å². The van der Waals surface area contributed by atoms with Crippen molar-refractivity contribution in [2.45, 2.75) is 58.7 Å². The summed E-state index contributed by atoms with van der Waals surface area (Å²) >= 11 is 0. The van der Waals surface area contributed by atoms with Crippen molar-refractivity contribution in [3.63, 3.8) is 0 Å². The van der Waals surface area contributed by atoms with Gasteiger partial charge >= 0.3 is 11.8 Å². The summed E-state index contributed by atoms with van der Waals surface area (Å²) in [7, 11) is 1.16. The molecule has 0 aliphatic heterocycles. The average molecular weight is 332 g/mol. The van der Waals surface area contributed by atoms with Crippen molar-refractivity contribution in [1.29, 1.82) is 0 Å². The maximum Gasteiger partial charge on any atom is 0.375 e. The van der Waals surface area contributed by atoms with Crippen LogP contribution in [0.1, 0.15) is 52.9 Å². The molecular weight excluding hydrogens is 303 g/mol. The van der Waals surface area contributed by atoms with Crippen LogP contribution in [0.4, 0.5) is 0 Å². The second kappa shape index (κ2) is 12.8. The molecule has 0 aliphatic rings. The van der Waals surface area contributed by atoms with Crippen LogP contribution >= 0.6 is 0 Å². The zero-order chi connectivity index (χ0) is 16.3. The quantitative estimate of drug-likeness (QED) is 0.173. The monoisotopic (exact) mass is 332 g/mol. The van der Waals surface area contributed by atoms with Crippen LogP contribution in [-0.4, -0.2) is 61.0 Å². The fourth-order valence-corrected chi connectivity index (χ4v) is 1.63. The van der Waals surface area contributed by atoms with E-state index in [9.17, 15) is 14.4 Å². The smallest absolute Gasteiger partial charge is 0.375 e. The molecule has 0 unspecified atom stereocenters. The fourth-order valence-electron chi connectivity index (χ4n) is 1.63. The summed E-state index contributed by atoms with van der Waals surface area (Å²) < 4.78 is 15.5. The first-order chi connectivity index (χ1) is 9.94. The Kier molecular flexibility index (Phi) is 13.7. The van der Waals surface area contributed by atoms with E-state index in [-0.39, 0.29) is 36.4 Å². The minimum Gasteiger partial charge on any atom is -0.465 e. The van der Waals surface area contributed by atoms with Gasteiger partial charge < -0.3 is 14.2 Å². The Morgan fingerprint density at radius 2 is 1.41 bits per heavy atom. The number of carbonyl (C=O) groups is 3. The van der Waals surface area contributed by atoms with Gasteiger partial charge in [-0.3, -0.25) is 9.59 Å². The number of unbranched alkanes of at least 4 members (excludes halogenated alkanes) is 2. The van der Waals surface area contributed by atoms with E-state index in [0.717, 1.165) is 20.0 Å². The first kappa shape index (κ1) is 23.5. The van der Waals surface area contributed by atoms with Crippen LogP contribution in [-0.2, 0) is 28.6 Å². The van der Waals surface area contributed by atoms with Crippen molar-refractivity contribution in [1.82, 2.24) is 0 Å². The molecule has 0 fully saturated rings. The van der Waals surface area contributed by atoms with Crippen LogP contribution < -0.4 is 0 Å². The normalized spacial score (nSPS) is 10.7. The lowest BCUT2D eigenvalue weighted by Gasteiger charge is -2.29. The van der Waals surface area contributed by atoms with E-state index in [4.69, 9.17) is 9.47 Å². The van der Waals surface area contributed by atoms with Gasteiger partial charge in [0.15, 0.2) is 17.4 Å². The number of carbonyl (C=O) groups excluding carboxylic acids is 3. The molecule has 128 valence electrons. The third-order valence-electron chi connectivity index (χ3n) is 2.84. The highest BCUT2D eigenvalue weighted by Gasteiger charge is 2.50. The molecule has 0 aromatic carbocycles. The van der Waals surface area contributed by atoms with Gasteiger partial charge in [0, 0.05) is 0 Å². The summed E-state index contributed by atoms with van der Waals surface area (Å²) in [5.74, 6) is -4.11. The topological polar surface area (TPSA) is 78.9 Å². The summed E-state index contributed by atoms with van der Waals surface area (Å²) in [6.45, 7) is 5.55. The van der Waals surface area contributed by atoms with E-state index in [1.165, 1.54) is 6.92 Å². The number of rotatable bonds is 12. The van der Waals surface area contributed by atoms with Crippen molar-refractivity contribution in [2.75, 3.05) is 20.3 Å². The van der Waals surface area contributed by atoms with Gasteiger partial charge in [0.1, 0.15) is 5.78 Å². The van der Waals surface area contributed by atoms with Crippen molar-refractivity contribution in [3.8, 4) is 0 Å². The molecule has 22 heavy (non-hydrogen) atoms. The summed E-state index contributed by atoms with van der Waals surface area (Å²) in [5.41, 5.74) is 0. The number of esters is 1. The second-order valence-corrected chi connectivity index (χ2v) is 4.81. The van der Waals surface area contributed by atoms with Gasteiger partial charge in [0.2, 0.25) is 5.78 Å². The van der Waals surface area contributed by atoms with Gasteiger partial charge in [0.05, 0.1) is 26.7 Å². The average Bonchev–Trinajstić information content (AvgIpc) is 2.44. The van der Waals surface area contributed by atoms with Crippen LogP contribution in [0.5, 0.6) is 0 Å². The van der Waals surface area contributed by atoms with Crippen LogP contribution in [0, 0.1) is 0 Å². The number of ketones is 2. The highest BCUT2D eigenvalue weighted by molar-refractivity contribution is 6.12. The molecule has 0 aromatic heterocycles. The molecular formula is C15H29AlO6. The molecule has 0 amide bonds. The van der Waals surface area contributed by atoms with Crippen LogP contribution in [0.3, 0.4) is 0 Å². The molecule has 0 spiro atoms. The minimum absolute atomic E-state index is 0. The number of methoxy groups -OCH3 is 1. The molecule has 6 nitrogen and oxygen atoms in total. The Morgan fingerprint density at radius 3 is 1.73 bits per heavy atom. The van der Waals surface area contributed by atoms with E-state index in [1.807, 2.05) is 13.8 Å². The van der Waals surface area contributed by atoms with E-state index in [0.29, 0.717) is 12.8 Å². The standard InChI is InChI=1S/C15H26O6.Al.3H/c1-5-7-9-20-15(14(18)19-4,21-10-8-6-2)13(17)11-12(3)16;;;;/h5-11H2,1-4H3;;;;. The fraction of sp³-hybridized carbons (Fsp3) is 0.800. The summed E-state index contributed by atoms with van der Waals surface area (Å²) in [5, 5.41) is 0. The molecule has 0 heterocycles. The summed E-state index contributed by atoms with van der Waals surface area (Å²) in [6, 6.07) is 0. The third-order valence-corrected chi connectivity index (χ3v) is 2.84. The zero-order valence-electron chi connectivity index (χ0n) is 13.4. The minimum atomic E-state index is -2.12. The maximum atomic E-state index is 12.3. The van der Waals surface area contributed by atoms with Gasteiger partial charge in [-0.15, -0.1) is 0 Å². The number of hydrogen-bond acceptors (Lipinski definition) is 6. The summed E-state index contributed by atoms with van der Waals surface area (Å²) in [4.78, 5) is 35.5. The number of hydrogen-bond donors (Lipinski definition) is 0. The molecule has 0 atom stereocenters. The Bertz CT molecular complexity index is 346. The predicted octanol–water partition coefficient (Wildman–Crippen LogP) is 0.853. The Balaban J connectivity index is 0. The van der Waals surface area contributed by atoms with Crippen molar-refractivity contribution < 1.29 is 28.6 Å². The molecule has 0 aliphatic carbocycles. The third kappa shape index (κ3) is 7.50. The van der Waals surface area contributed by atoms with E-state index in [2.05, 4.69) is 4.74 Å². The van der Waals surface area contributed by atoms with Crippen LogP contribution in [0.15, 0.2) is 0 Å². The molecule has 0 saturated heterocycles. The van der Waals surface area contributed by atoms with Gasteiger partial charge in [-0.2, -0.15) is 0 Å². The lowest BCUT2D eigenvalue weighted by atomic mass is 10.1. The lowest BCUT2D eigenvalue weighted by molar-refractivity contribution is -0.239. The van der Waals surface area contributed by atoms with E-state index < -0.39 is 24.0 Å². The number of Topliss-reactive ketones (excluding diaryl/α,β-unsaturated/α-hetero) is 2. The highest BCUT2D eigenvalue weighted by Crippen LogP contribution is 2.21. The first-order valence-electron chi connectivity index (χ1n) is 7.33. The lowest BCUT2D eigenvalue weighted by Crippen LogP contribution is -2.53. The van der Waals surface area contributed by atoms with E-state index in [1.54, 1.807) is 0 Å². The SMILES string of the molecule is CCCCOC(OCCCC)(C(=O)CC(C)=O)C(=O)OC.[AlH3].